The van der Waals surface area contributed by atoms with Crippen LogP contribution in [0.15, 0.2) is 9.98 Å². The summed E-state index contributed by atoms with van der Waals surface area (Å²) >= 11 is 0. The first-order chi connectivity index (χ1) is 18.7. The topological polar surface area (TPSA) is 340 Å². The fourth-order valence-corrected chi connectivity index (χ4v) is 5.17. The highest BCUT2D eigenvalue weighted by Gasteiger charge is 2.60. The summed E-state index contributed by atoms with van der Waals surface area (Å²) in [5.74, 6) is -1.01. The highest BCUT2D eigenvalue weighted by atomic mass is 16.8. The monoisotopic (exact) mass is 583 g/mol. The second-order valence-electron chi connectivity index (χ2n) is 10.0. The molecule has 0 aromatic heterocycles. The fraction of sp³-hybridized carbons (Fsp3) is 0.905. The van der Waals surface area contributed by atoms with E-state index in [9.17, 15) is 40.9 Å². The van der Waals surface area contributed by atoms with Crippen molar-refractivity contribution in [2.24, 2.45) is 32.9 Å². The third-order valence-electron chi connectivity index (χ3n) is 7.49. The summed E-state index contributed by atoms with van der Waals surface area (Å²) < 4.78 is 23.2. The number of nitrogens with one attached hydrogen (secondary N) is 1. The van der Waals surface area contributed by atoms with E-state index in [4.69, 9.17) is 41.9 Å². The molecular weight excluding hydrogens is 542 g/mol. The quantitative estimate of drug-likeness (QED) is 0.0884. The number of aliphatic hydroxyl groups excluding tert-OH is 7. The van der Waals surface area contributed by atoms with E-state index in [0.29, 0.717) is 0 Å². The van der Waals surface area contributed by atoms with Gasteiger partial charge >= 0.3 is 0 Å². The Hall–Kier alpha value is -1.98. The zero-order valence-electron chi connectivity index (χ0n) is 21.9. The molecule has 2 heterocycles. The number of rotatable bonds is 9. The fourth-order valence-electron chi connectivity index (χ4n) is 5.17. The molecule has 19 heteroatoms. The van der Waals surface area contributed by atoms with E-state index in [1.807, 2.05) is 0 Å². The van der Waals surface area contributed by atoms with Gasteiger partial charge in [-0.2, -0.15) is 0 Å². The maximum atomic E-state index is 11.3. The largest absolute Gasteiger partial charge is 0.394 e. The minimum Gasteiger partial charge on any atom is -0.394 e. The van der Waals surface area contributed by atoms with Crippen LogP contribution in [0.5, 0.6) is 0 Å². The van der Waals surface area contributed by atoms with Crippen LogP contribution in [0.3, 0.4) is 0 Å². The first-order valence-corrected chi connectivity index (χ1v) is 12.5. The van der Waals surface area contributed by atoms with Gasteiger partial charge in [-0.25, -0.2) is 9.98 Å². The second-order valence-corrected chi connectivity index (χ2v) is 10.0. The maximum absolute atomic E-state index is 11.3. The van der Waals surface area contributed by atoms with Crippen molar-refractivity contribution in [3.8, 4) is 0 Å². The van der Waals surface area contributed by atoms with Crippen molar-refractivity contribution >= 4 is 11.9 Å². The first kappa shape index (κ1) is 32.5. The van der Waals surface area contributed by atoms with Crippen LogP contribution in [0.25, 0.3) is 0 Å². The zero-order valence-corrected chi connectivity index (χ0v) is 21.9. The van der Waals surface area contributed by atoms with Crippen molar-refractivity contribution in [2.45, 2.75) is 98.2 Å². The Morgan fingerprint density at radius 1 is 0.825 bits per heavy atom. The molecule has 40 heavy (non-hydrogen) atoms. The molecule has 3 rings (SSSR count). The molecule has 3 fully saturated rings. The van der Waals surface area contributed by atoms with Gasteiger partial charge in [0.05, 0.1) is 25.4 Å². The van der Waals surface area contributed by atoms with Crippen LogP contribution < -0.4 is 28.3 Å². The van der Waals surface area contributed by atoms with E-state index >= 15 is 0 Å². The minimum atomic E-state index is -2.15. The molecule has 2 aliphatic heterocycles. The van der Waals surface area contributed by atoms with Gasteiger partial charge in [-0.3, -0.25) is 0 Å². The van der Waals surface area contributed by atoms with Crippen molar-refractivity contribution < 1.29 is 59.8 Å². The van der Waals surface area contributed by atoms with Crippen molar-refractivity contribution in [2.75, 3.05) is 20.3 Å². The van der Waals surface area contributed by atoms with E-state index in [0.717, 1.165) is 0 Å². The molecule has 19 nitrogen and oxygen atoms in total. The van der Waals surface area contributed by atoms with E-state index in [-0.39, 0.29) is 0 Å². The molecule has 0 spiro atoms. The molecule has 2 saturated heterocycles. The Labute approximate surface area is 229 Å². The molecule has 1 saturated carbocycles. The standard InChI is InChI=1S/C21H41N7O12/c1-5-21(36,4-30)16(40-17-9(26-2)13(34)10(31)6(3-29)38-17)18(37-5)39-15-8(28-20(24)25)11(32)7(27-19(22)23)12(33)14(15)35/h5-18,26,29-36H,3-4H2,1-2H3,(H4,22,23,27)(H4,24,25,28)/t5-,6-,7-,8+,9+,10+,11+,12-,13+,14-,15+,16-,17+,18+,21-/m1/s1. The molecule has 15 atom stereocenters. The number of aliphatic imine (C=N–C) groups is 2. The Morgan fingerprint density at radius 2 is 1.43 bits per heavy atom. The molecule has 232 valence electrons. The molecule has 0 amide bonds. The maximum Gasteiger partial charge on any atom is 0.187 e. The lowest BCUT2D eigenvalue weighted by Gasteiger charge is -2.45. The van der Waals surface area contributed by atoms with Gasteiger partial charge in [0.2, 0.25) is 0 Å². The second kappa shape index (κ2) is 12.9. The molecule has 0 aromatic carbocycles. The number of guanidine groups is 2. The molecular formula is C21H41N7O12. The summed E-state index contributed by atoms with van der Waals surface area (Å²) in [4.78, 5) is 7.66. The zero-order chi connectivity index (χ0) is 30.1. The Kier molecular flexibility index (Phi) is 10.5. The predicted octanol–water partition coefficient (Wildman–Crippen LogP) is -8.37. The molecule has 17 N–H and O–H groups in total. The molecule has 1 aliphatic carbocycles. The number of nitrogens with zero attached hydrogens (tertiary/aromatic N) is 2. The number of likely N-dealkylation sites (N-methyl/N-ethyl adjacent to an activating group) is 1. The van der Waals surface area contributed by atoms with Crippen LogP contribution in [0.4, 0.5) is 0 Å². The predicted molar refractivity (Wildman–Crippen MR) is 134 cm³/mol. The number of aliphatic hydroxyl groups is 8. The summed E-state index contributed by atoms with van der Waals surface area (Å²) in [6.45, 7) is -0.199. The van der Waals surface area contributed by atoms with E-state index < -0.39 is 116 Å². The third-order valence-corrected chi connectivity index (χ3v) is 7.49. The van der Waals surface area contributed by atoms with Crippen molar-refractivity contribution in [1.82, 2.24) is 5.32 Å². The Balaban J connectivity index is 1.96. The van der Waals surface area contributed by atoms with Crippen molar-refractivity contribution in [1.29, 1.82) is 0 Å². The molecule has 0 unspecified atom stereocenters. The number of ether oxygens (including phenoxy) is 4. The van der Waals surface area contributed by atoms with Gasteiger partial charge in [0, 0.05) is 0 Å². The number of hydrogen-bond donors (Lipinski definition) is 13. The van der Waals surface area contributed by atoms with E-state index in [1.54, 1.807) is 0 Å². The van der Waals surface area contributed by atoms with Gasteiger partial charge in [-0.05, 0) is 14.0 Å². The van der Waals surface area contributed by atoms with Crippen LogP contribution in [0.2, 0.25) is 0 Å². The Bertz CT molecular complexity index is 911. The lowest BCUT2D eigenvalue weighted by molar-refractivity contribution is -0.317. The number of hydrogen-bond acceptors (Lipinski definition) is 15. The van der Waals surface area contributed by atoms with Gasteiger partial charge < -0.3 is 88.1 Å². The molecule has 3 aliphatic rings. The van der Waals surface area contributed by atoms with Gasteiger partial charge in [-0.15, -0.1) is 0 Å². The average Bonchev–Trinajstić information content (AvgIpc) is 3.13. The smallest absolute Gasteiger partial charge is 0.187 e. The third kappa shape index (κ3) is 6.11. The minimum absolute atomic E-state index is 0.493. The van der Waals surface area contributed by atoms with E-state index in [1.165, 1.54) is 14.0 Å². The summed E-state index contributed by atoms with van der Waals surface area (Å²) in [6, 6.07) is -4.00. The van der Waals surface area contributed by atoms with Crippen LogP contribution in [-0.2, 0) is 18.9 Å². The lowest BCUT2D eigenvalue weighted by Crippen LogP contribution is -2.66. The molecule has 0 bridgehead atoms. The summed E-state index contributed by atoms with van der Waals surface area (Å²) in [5, 5.41) is 87.0. The Morgan fingerprint density at radius 3 is 1.95 bits per heavy atom. The SMILES string of the molecule is CN[C@@H]1[C@H](O[C@@H]2[C@H](O[C@@H]3[C@H](O)[C@H](O)[C@H](N=C(N)N)[C@H](O)[C@@H]3N=C(N)N)O[C@H](C)[C@]2(O)CO)O[C@H](CO)[C@H](O)[C@H]1O. The molecule has 0 aromatic rings. The van der Waals surface area contributed by atoms with Crippen molar-refractivity contribution in [3.05, 3.63) is 0 Å². The van der Waals surface area contributed by atoms with Gasteiger partial charge in [0.15, 0.2) is 24.5 Å². The summed E-state index contributed by atoms with van der Waals surface area (Å²) in [5.41, 5.74) is 19.7. The summed E-state index contributed by atoms with van der Waals surface area (Å²) in [6.07, 6.45) is -16.9. The average molecular weight is 584 g/mol. The lowest BCUT2D eigenvalue weighted by atomic mass is 9.81. The van der Waals surface area contributed by atoms with Crippen LogP contribution in [0, 0.1) is 0 Å². The normalized spacial score (nSPS) is 47.5. The first-order valence-electron chi connectivity index (χ1n) is 12.5. The van der Waals surface area contributed by atoms with Gasteiger partial charge in [0.25, 0.3) is 0 Å². The van der Waals surface area contributed by atoms with Crippen LogP contribution in [0.1, 0.15) is 6.92 Å². The van der Waals surface area contributed by atoms with Gasteiger partial charge in [0.1, 0.15) is 66.5 Å². The van der Waals surface area contributed by atoms with Crippen molar-refractivity contribution in [3.63, 3.8) is 0 Å². The van der Waals surface area contributed by atoms with Crippen LogP contribution >= 0.6 is 0 Å². The van der Waals surface area contributed by atoms with Crippen LogP contribution in [-0.4, -0.2) is 164 Å². The summed E-state index contributed by atoms with van der Waals surface area (Å²) in [7, 11) is 1.44. The van der Waals surface area contributed by atoms with Gasteiger partial charge in [-0.1, -0.05) is 0 Å². The highest BCUT2D eigenvalue weighted by Crippen LogP contribution is 2.39. The number of nitrogens with two attached hydrogens (primary N) is 4. The van der Waals surface area contributed by atoms with E-state index in [2.05, 4.69) is 15.3 Å². The molecule has 0 radical (unpaired) electrons. The highest BCUT2D eigenvalue weighted by molar-refractivity contribution is 5.76.